The molecular formula is C22H23F2N3O3S. The highest BCUT2D eigenvalue weighted by atomic mass is 32.1. The van der Waals surface area contributed by atoms with E-state index in [-0.39, 0.29) is 30.4 Å². The molecule has 1 N–H and O–H groups in total. The molecule has 0 aliphatic heterocycles. The van der Waals surface area contributed by atoms with Gasteiger partial charge >= 0.3 is 5.97 Å². The summed E-state index contributed by atoms with van der Waals surface area (Å²) in [4.78, 5) is 23.2. The van der Waals surface area contributed by atoms with E-state index in [0.29, 0.717) is 41.0 Å². The molecule has 1 aliphatic rings. The van der Waals surface area contributed by atoms with Crippen molar-refractivity contribution in [1.82, 2.24) is 9.97 Å². The van der Waals surface area contributed by atoms with Gasteiger partial charge in [0.25, 0.3) is 0 Å². The van der Waals surface area contributed by atoms with Gasteiger partial charge in [0.2, 0.25) is 5.92 Å². The minimum Gasteiger partial charge on any atom is -0.477 e. The number of hydrogen-bond acceptors (Lipinski definition) is 6. The van der Waals surface area contributed by atoms with Gasteiger partial charge in [-0.25, -0.2) is 23.5 Å². The zero-order chi connectivity index (χ0) is 22.0. The largest absolute Gasteiger partial charge is 0.477 e. The van der Waals surface area contributed by atoms with Crippen molar-refractivity contribution in [3.8, 4) is 0 Å². The predicted molar refractivity (Wildman–Crippen MR) is 115 cm³/mol. The molecule has 1 aliphatic carbocycles. The van der Waals surface area contributed by atoms with Crippen LogP contribution >= 0.6 is 11.3 Å². The van der Waals surface area contributed by atoms with Gasteiger partial charge in [0.1, 0.15) is 21.9 Å². The quantitative estimate of drug-likeness (QED) is 0.542. The Morgan fingerprint density at radius 1 is 1.23 bits per heavy atom. The molecule has 0 atom stereocenters. The zero-order valence-corrected chi connectivity index (χ0v) is 17.9. The Kier molecular flexibility index (Phi) is 6.15. The lowest BCUT2D eigenvalue weighted by Crippen LogP contribution is -2.39. The summed E-state index contributed by atoms with van der Waals surface area (Å²) in [7, 11) is 1.82. The summed E-state index contributed by atoms with van der Waals surface area (Å²) >= 11 is 1.08. The van der Waals surface area contributed by atoms with Gasteiger partial charge in [-0.15, -0.1) is 11.3 Å². The summed E-state index contributed by atoms with van der Waals surface area (Å²) in [6, 6.07) is 9.52. The van der Waals surface area contributed by atoms with E-state index in [0.717, 1.165) is 16.9 Å². The zero-order valence-electron chi connectivity index (χ0n) is 17.1. The van der Waals surface area contributed by atoms with Crippen LogP contribution in [0.4, 0.5) is 14.6 Å². The molecule has 0 radical (unpaired) electrons. The first-order valence-electron chi connectivity index (χ1n) is 10.1. The van der Waals surface area contributed by atoms with Crippen LogP contribution in [0, 0.1) is 0 Å². The van der Waals surface area contributed by atoms with Gasteiger partial charge in [-0.1, -0.05) is 30.3 Å². The third-order valence-corrected chi connectivity index (χ3v) is 6.82. The smallest absolute Gasteiger partial charge is 0.346 e. The SMILES string of the molecule is CN(c1ncnc2sc(C(=O)O)c(COCc3ccccc3)c12)C1CCC(F)(F)CC1. The van der Waals surface area contributed by atoms with Crippen molar-refractivity contribution < 1.29 is 23.4 Å². The van der Waals surface area contributed by atoms with Gasteiger partial charge in [-0.2, -0.15) is 0 Å². The molecule has 3 aromatic rings. The molecule has 1 saturated carbocycles. The van der Waals surface area contributed by atoms with Crippen LogP contribution in [-0.4, -0.2) is 40.1 Å². The molecule has 0 spiro atoms. The molecular weight excluding hydrogens is 424 g/mol. The average Bonchev–Trinajstić information content (AvgIpc) is 3.13. The van der Waals surface area contributed by atoms with E-state index >= 15 is 0 Å². The Bertz CT molecular complexity index is 1060. The van der Waals surface area contributed by atoms with Gasteiger partial charge in [-0.3, -0.25) is 0 Å². The van der Waals surface area contributed by atoms with E-state index in [1.54, 1.807) is 0 Å². The summed E-state index contributed by atoms with van der Waals surface area (Å²) in [6.45, 7) is 0.432. The number of hydrogen-bond donors (Lipinski definition) is 1. The Balaban J connectivity index is 1.64. The van der Waals surface area contributed by atoms with E-state index in [1.807, 2.05) is 42.3 Å². The Morgan fingerprint density at radius 3 is 2.61 bits per heavy atom. The summed E-state index contributed by atoms with van der Waals surface area (Å²) in [6.07, 6.45) is 1.78. The molecule has 0 bridgehead atoms. The predicted octanol–water partition coefficient (Wildman–Crippen LogP) is 5.12. The van der Waals surface area contributed by atoms with Crippen molar-refractivity contribution in [2.45, 2.75) is 50.9 Å². The molecule has 1 aromatic carbocycles. The van der Waals surface area contributed by atoms with Crippen LogP contribution in [0.1, 0.15) is 46.5 Å². The number of nitrogens with zero attached hydrogens (tertiary/aromatic N) is 3. The van der Waals surface area contributed by atoms with Gasteiger partial charge < -0.3 is 14.7 Å². The van der Waals surface area contributed by atoms with Crippen molar-refractivity contribution in [3.05, 3.63) is 52.7 Å². The fraction of sp³-hybridized carbons (Fsp3) is 0.409. The van der Waals surface area contributed by atoms with Gasteiger partial charge in [0.05, 0.1) is 18.6 Å². The number of fused-ring (bicyclic) bond motifs is 1. The van der Waals surface area contributed by atoms with Crippen molar-refractivity contribution >= 4 is 33.3 Å². The highest BCUT2D eigenvalue weighted by Crippen LogP contribution is 2.40. The molecule has 0 saturated heterocycles. The van der Waals surface area contributed by atoms with Gasteiger partial charge in [0.15, 0.2) is 0 Å². The Hall–Kier alpha value is -2.65. The number of ether oxygens (including phenoxy) is 1. The third kappa shape index (κ3) is 4.67. The van der Waals surface area contributed by atoms with Gasteiger partial charge in [0, 0.05) is 31.5 Å². The van der Waals surface area contributed by atoms with Crippen molar-refractivity contribution in [3.63, 3.8) is 0 Å². The standard InChI is InChI=1S/C22H23F2N3O3S/c1-27(15-7-9-22(23,24)10-8-15)19-17-16(12-30-11-14-5-3-2-4-6-14)18(21(28)29)31-20(17)26-13-25-19/h2-6,13,15H,7-12H2,1H3,(H,28,29). The maximum atomic E-state index is 13.6. The van der Waals surface area contributed by atoms with Crippen LogP contribution in [0.5, 0.6) is 0 Å². The molecule has 6 nitrogen and oxygen atoms in total. The highest BCUT2D eigenvalue weighted by Gasteiger charge is 2.37. The molecule has 164 valence electrons. The molecule has 4 rings (SSSR count). The number of aromatic carboxylic acids is 1. The van der Waals surface area contributed by atoms with Crippen molar-refractivity contribution in [2.24, 2.45) is 0 Å². The summed E-state index contributed by atoms with van der Waals surface area (Å²) in [5.74, 6) is -3.11. The topological polar surface area (TPSA) is 75.6 Å². The maximum Gasteiger partial charge on any atom is 0.346 e. The number of carboxylic acids is 1. The molecule has 0 amide bonds. The molecule has 2 aromatic heterocycles. The number of benzene rings is 1. The second-order valence-electron chi connectivity index (χ2n) is 7.77. The lowest BCUT2D eigenvalue weighted by atomic mass is 9.91. The Labute approximate surface area is 182 Å². The van der Waals surface area contributed by atoms with Crippen LogP contribution < -0.4 is 4.90 Å². The van der Waals surface area contributed by atoms with E-state index in [9.17, 15) is 18.7 Å². The average molecular weight is 448 g/mol. The molecule has 1 fully saturated rings. The minimum atomic E-state index is -2.62. The first-order valence-corrected chi connectivity index (χ1v) is 10.9. The normalized spacial score (nSPS) is 16.5. The fourth-order valence-corrected chi connectivity index (χ4v) is 4.96. The lowest BCUT2D eigenvalue weighted by Gasteiger charge is -2.35. The first-order chi connectivity index (χ1) is 14.9. The number of anilines is 1. The third-order valence-electron chi connectivity index (χ3n) is 5.69. The number of alkyl halides is 2. The molecule has 2 heterocycles. The number of halogens is 2. The molecule has 31 heavy (non-hydrogen) atoms. The number of carbonyl (C=O) groups is 1. The summed E-state index contributed by atoms with van der Waals surface area (Å²) < 4.78 is 33.1. The van der Waals surface area contributed by atoms with E-state index in [2.05, 4.69) is 9.97 Å². The van der Waals surface area contributed by atoms with Crippen LogP contribution in [0.15, 0.2) is 36.7 Å². The van der Waals surface area contributed by atoms with Crippen molar-refractivity contribution in [1.29, 1.82) is 0 Å². The lowest BCUT2D eigenvalue weighted by molar-refractivity contribution is -0.0378. The molecule has 0 unspecified atom stereocenters. The number of aromatic nitrogens is 2. The summed E-state index contributed by atoms with van der Waals surface area (Å²) in [5, 5.41) is 10.4. The maximum absolute atomic E-state index is 13.6. The van der Waals surface area contributed by atoms with E-state index < -0.39 is 11.9 Å². The second kappa shape index (κ2) is 8.84. The summed E-state index contributed by atoms with van der Waals surface area (Å²) in [5.41, 5.74) is 1.50. The minimum absolute atomic E-state index is 0.0908. The number of rotatable bonds is 7. The first kappa shape index (κ1) is 21.6. The fourth-order valence-electron chi connectivity index (χ4n) is 3.98. The monoisotopic (exact) mass is 447 g/mol. The van der Waals surface area contributed by atoms with Crippen LogP contribution in [0.3, 0.4) is 0 Å². The highest BCUT2D eigenvalue weighted by molar-refractivity contribution is 7.20. The second-order valence-corrected chi connectivity index (χ2v) is 8.77. The van der Waals surface area contributed by atoms with Crippen molar-refractivity contribution in [2.75, 3.05) is 11.9 Å². The number of thiophene rings is 1. The van der Waals surface area contributed by atoms with Crippen LogP contribution in [0.25, 0.3) is 10.2 Å². The molecule has 9 heteroatoms. The van der Waals surface area contributed by atoms with Crippen LogP contribution in [0.2, 0.25) is 0 Å². The van der Waals surface area contributed by atoms with E-state index in [1.165, 1.54) is 6.33 Å². The van der Waals surface area contributed by atoms with E-state index in [4.69, 9.17) is 4.74 Å². The number of carboxylic acid groups (broad SMARTS) is 1. The Morgan fingerprint density at radius 2 is 1.94 bits per heavy atom. The van der Waals surface area contributed by atoms with Crippen LogP contribution in [-0.2, 0) is 18.0 Å². The van der Waals surface area contributed by atoms with Gasteiger partial charge in [-0.05, 0) is 18.4 Å².